The standard InChI is InChI=1S/C12H13F2NO4S/c1-8-15(4-2-3-5-20(16,17)18)11-6-9(13)10(14)7-12(11)19-8/h6-7H,2-5H2,1H3/p+1. The van der Waals surface area contributed by atoms with Crippen LogP contribution in [0.4, 0.5) is 8.78 Å². The second-order valence-corrected chi connectivity index (χ2v) is 6.07. The SMILES string of the molecule is Cc1oc2cc(F)c(F)cc2[n+]1CCCCS(=O)(=O)O. The molecule has 2 aromatic rings. The maximum absolute atomic E-state index is 13.2. The highest BCUT2D eigenvalue weighted by Crippen LogP contribution is 2.18. The Labute approximate surface area is 114 Å². The van der Waals surface area contributed by atoms with Gasteiger partial charge in [0.05, 0.1) is 18.7 Å². The Kier molecular flexibility index (Phi) is 4.05. The summed E-state index contributed by atoms with van der Waals surface area (Å²) in [7, 11) is -3.97. The van der Waals surface area contributed by atoms with Gasteiger partial charge in [-0.1, -0.05) is 0 Å². The maximum atomic E-state index is 13.2. The highest BCUT2D eigenvalue weighted by Gasteiger charge is 2.21. The van der Waals surface area contributed by atoms with Crippen LogP contribution < -0.4 is 4.57 Å². The molecule has 1 aromatic carbocycles. The normalized spacial score (nSPS) is 12.2. The molecule has 0 saturated carbocycles. The summed E-state index contributed by atoms with van der Waals surface area (Å²) in [5.41, 5.74) is 0.643. The zero-order chi connectivity index (χ0) is 14.9. The summed E-state index contributed by atoms with van der Waals surface area (Å²) in [4.78, 5) is 0. The summed E-state index contributed by atoms with van der Waals surface area (Å²) in [6.45, 7) is 2.04. The molecule has 1 aromatic heterocycles. The predicted molar refractivity (Wildman–Crippen MR) is 66.7 cm³/mol. The Morgan fingerprint density at radius 3 is 2.55 bits per heavy atom. The molecule has 20 heavy (non-hydrogen) atoms. The first-order valence-electron chi connectivity index (χ1n) is 6.01. The summed E-state index contributed by atoms with van der Waals surface area (Å²) in [6, 6.07) is 2.02. The molecule has 1 N–H and O–H groups in total. The van der Waals surface area contributed by atoms with Gasteiger partial charge in [-0.2, -0.15) is 13.0 Å². The molecule has 0 saturated heterocycles. The molecule has 0 amide bonds. The lowest BCUT2D eigenvalue weighted by atomic mass is 10.3. The number of fused-ring (bicyclic) bond motifs is 1. The number of hydrogen-bond donors (Lipinski definition) is 1. The van der Waals surface area contributed by atoms with Gasteiger partial charge in [-0.3, -0.25) is 4.55 Å². The van der Waals surface area contributed by atoms with Crippen molar-refractivity contribution in [3.63, 3.8) is 0 Å². The van der Waals surface area contributed by atoms with Crippen LogP contribution in [0, 0.1) is 18.6 Å². The molecule has 5 nitrogen and oxygen atoms in total. The number of nitrogens with zero attached hydrogens (tertiary/aromatic N) is 1. The Morgan fingerprint density at radius 2 is 1.90 bits per heavy atom. The van der Waals surface area contributed by atoms with Crippen molar-refractivity contribution >= 4 is 21.2 Å². The molecule has 0 atom stereocenters. The van der Waals surface area contributed by atoms with E-state index in [1.165, 1.54) is 0 Å². The summed E-state index contributed by atoms with van der Waals surface area (Å²) < 4.78 is 63.1. The van der Waals surface area contributed by atoms with Crippen molar-refractivity contribution in [1.82, 2.24) is 0 Å². The van der Waals surface area contributed by atoms with E-state index in [0.29, 0.717) is 24.4 Å². The van der Waals surface area contributed by atoms with Gasteiger partial charge in [0.1, 0.15) is 0 Å². The number of aromatic nitrogens is 1. The van der Waals surface area contributed by atoms with E-state index in [9.17, 15) is 17.2 Å². The minimum absolute atomic E-state index is 0.233. The number of unbranched alkanes of at least 4 members (excludes halogenated alkanes) is 1. The molecule has 0 unspecified atom stereocenters. The van der Waals surface area contributed by atoms with Crippen molar-refractivity contribution in [2.45, 2.75) is 26.3 Å². The van der Waals surface area contributed by atoms with Crippen LogP contribution in [-0.4, -0.2) is 18.7 Å². The van der Waals surface area contributed by atoms with Gasteiger partial charge in [-0.15, -0.1) is 0 Å². The Hall–Kier alpha value is -1.54. The van der Waals surface area contributed by atoms with Crippen molar-refractivity contribution in [1.29, 1.82) is 0 Å². The second kappa shape index (κ2) is 5.45. The monoisotopic (exact) mass is 306 g/mol. The summed E-state index contributed by atoms with van der Waals surface area (Å²) in [6.07, 6.45) is 0.723. The van der Waals surface area contributed by atoms with Gasteiger partial charge in [-0.05, 0) is 6.42 Å². The minimum Gasteiger partial charge on any atom is -0.401 e. The molecule has 0 aliphatic carbocycles. The fourth-order valence-electron chi connectivity index (χ4n) is 2.03. The third-order valence-electron chi connectivity index (χ3n) is 2.96. The van der Waals surface area contributed by atoms with Crippen LogP contribution >= 0.6 is 0 Å². The van der Waals surface area contributed by atoms with Crippen LogP contribution in [0.25, 0.3) is 11.1 Å². The smallest absolute Gasteiger partial charge is 0.344 e. The second-order valence-electron chi connectivity index (χ2n) is 4.50. The van der Waals surface area contributed by atoms with Gasteiger partial charge >= 0.3 is 5.89 Å². The fraction of sp³-hybridized carbons (Fsp3) is 0.417. The molecule has 2 rings (SSSR count). The van der Waals surface area contributed by atoms with Crippen molar-refractivity contribution < 1.29 is 30.7 Å². The summed E-state index contributed by atoms with van der Waals surface area (Å²) >= 11 is 0. The van der Waals surface area contributed by atoms with Gasteiger partial charge in [0.25, 0.3) is 15.6 Å². The van der Waals surface area contributed by atoms with Crippen LogP contribution in [0.3, 0.4) is 0 Å². The van der Waals surface area contributed by atoms with E-state index in [4.69, 9.17) is 8.97 Å². The van der Waals surface area contributed by atoms with Gasteiger partial charge < -0.3 is 4.42 Å². The van der Waals surface area contributed by atoms with E-state index in [0.717, 1.165) is 12.1 Å². The molecular formula is C12H14F2NO4S+. The van der Waals surface area contributed by atoms with Crippen LogP contribution in [0.15, 0.2) is 16.5 Å². The molecule has 0 radical (unpaired) electrons. The summed E-state index contributed by atoms with van der Waals surface area (Å²) in [5, 5.41) is 0. The molecule has 0 aliphatic rings. The van der Waals surface area contributed by atoms with Crippen LogP contribution in [0.5, 0.6) is 0 Å². The van der Waals surface area contributed by atoms with Crippen LogP contribution in [0.2, 0.25) is 0 Å². The maximum Gasteiger partial charge on any atom is 0.344 e. The topological polar surface area (TPSA) is 71.4 Å². The zero-order valence-electron chi connectivity index (χ0n) is 10.8. The number of oxazole rings is 1. The molecular weight excluding hydrogens is 292 g/mol. The molecule has 0 bridgehead atoms. The van der Waals surface area contributed by atoms with Crippen molar-refractivity contribution in [2.75, 3.05) is 5.75 Å². The lowest BCUT2D eigenvalue weighted by Gasteiger charge is -1.97. The van der Waals surface area contributed by atoms with Gasteiger partial charge in [-0.25, -0.2) is 8.78 Å². The van der Waals surface area contributed by atoms with E-state index in [1.54, 1.807) is 11.5 Å². The van der Waals surface area contributed by atoms with Crippen LogP contribution in [-0.2, 0) is 16.7 Å². The van der Waals surface area contributed by atoms with Crippen molar-refractivity contribution in [3.8, 4) is 0 Å². The first-order valence-corrected chi connectivity index (χ1v) is 7.62. The zero-order valence-corrected chi connectivity index (χ0v) is 11.6. The van der Waals surface area contributed by atoms with Crippen molar-refractivity contribution in [3.05, 3.63) is 29.7 Å². The van der Waals surface area contributed by atoms with Gasteiger partial charge in [0.15, 0.2) is 18.2 Å². The summed E-state index contributed by atoms with van der Waals surface area (Å²) in [5.74, 6) is -1.81. The molecule has 1 heterocycles. The first-order chi connectivity index (χ1) is 9.28. The number of hydrogen-bond acceptors (Lipinski definition) is 3. The number of halogens is 2. The van der Waals surface area contributed by atoms with Crippen LogP contribution in [0.1, 0.15) is 18.7 Å². The Balaban J connectivity index is 2.17. The van der Waals surface area contributed by atoms with Gasteiger partial charge in [0.2, 0.25) is 5.58 Å². The molecule has 0 fully saturated rings. The molecule has 8 heteroatoms. The first kappa shape index (κ1) is 14.9. The van der Waals surface area contributed by atoms with E-state index in [-0.39, 0.29) is 17.8 Å². The lowest BCUT2D eigenvalue weighted by molar-refractivity contribution is -0.683. The highest BCUT2D eigenvalue weighted by atomic mass is 32.2. The Bertz CT molecular complexity index is 739. The van der Waals surface area contributed by atoms with Crippen molar-refractivity contribution in [2.24, 2.45) is 0 Å². The van der Waals surface area contributed by atoms with E-state index < -0.39 is 21.8 Å². The van der Waals surface area contributed by atoms with E-state index >= 15 is 0 Å². The lowest BCUT2D eigenvalue weighted by Crippen LogP contribution is -2.35. The van der Waals surface area contributed by atoms with Gasteiger partial charge in [0, 0.05) is 12.5 Å². The third-order valence-corrected chi connectivity index (χ3v) is 3.77. The minimum atomic E-state index is -3.97. The Morgan fingerprint density at radius 1 is 1.25 bits per heavy atom. The highest BCUT2D eigenvalue weighted by molar-refractivity contribution is 7.85. The van der Waals surface area contributed by atoms with E-state index in [1.807, 2.05) is 0 Å². The average Bonchev–Trinajstić information content (AvgIpc) is 2.60. The molecule has 0 aliphatic heterocycles. The average molecular weight is 306 g/mol. The number of rotatable bonds is 5. The number of aryl methyl sites for hydroxylation is 2. The number of benzene rings is 1. The predicted octanol–water partition coefficient (Wildman–Crippen LogP) is 1.97. The third kappa shape index (κ3) is 3.31. The quantitative estimate of drug-likeness (QED) is 0.521. The fourth-order valence-corrected chi connectivity index (χ4v) is 2.60. The van der Waals surface area contributed by atoms with E-state index in [2.05, 4.69) is 0 Å². The molecule has 0 spiro atoms. The molecule has 110 valence electrons. The largest absolute Gasteiger partial charge is 0.401 e.